The molecular formula is C20H27N3O6. The Labute approximate surface area is 169 Å². The van der Waals surface area contributed by atoms with Crippen molar-refractivity contribution in [2.24, 2.45) is 5.92 Å². The van der Waals surface area contributed by atoms with Crippen molar-refractivity contribution < 1.29 is 27.9 Å². The summed E-state index contributed by atoms with van der Waals surface area (Å²) in [5, 5.41) is 7.91. The molecule has 0 N–H and O–H groups in total. The molecule has 0 aliphatic carbocycles. The average molecular weight is 405 g/mol. The fourth-order valence-corrected chi connectivity index (χ4v) is 3.14. The molecule has 0 unspecified atom stereocenters. The standard InChI is InChI=1S/C20H27N3O6/c1-12-10-15(13(2)27-12)17-22-21-16(28-17)11-26-18(24)14-6-8-23(9-7-14)19(25)29-20(3,4)5/h10,14H,6-9,11H2,1-5H3. The predicted octanol–water partition coefficient (Wildman–Crippen LogP) is 3.64. The van der Waals surface area contributed by atoms with Crippen molar-refractivity contribution in [1.82, 2.24) is 15.1 Å². The molecular weight excluding hydrogens is 378 g/mol. The molecule has 1 aliphatic rings. The third-order valence-corrected chi connectivity index (χ3v) is 4.56. The third-order valence-electron chi connectivity index (χ3n) is 4.56. The molecule has 9 nitrogen and oxygen atoms in total. The zero-order valence-electron chi connectivity index (χ0n) is 17.5. The van der Waals surface area contributed by atoms with Gasteiger partial charge in [-0.1, -0.05) is 0 Å². The molecule has 0 radical (unpaired) electrons. The summed E-state index contributed by atoms with van der Waals surface area (Å²) in [6.45, 7) is 9.96. The summed E-state index contributed by atoms with van der Waals surface area (Å²) in [5.74, 6) is 1.39. The van der Waals surface area contributed by atoms with Gasteiger partial charge in [0.25, 0.3) is 11.8 Å². The molecule has 1 amide bonds. The lowest BCUT2D eigenvalue weighted by Crippen LogP contribution is -2.43. The molecule has 9 heteroatoms. The first kappa shape index (κ1) is 20.9. The zero-order chi connectivity index (χ0) is 21.2. The van der Waals surface area contributed by atoms with Crippen molar-refractivity contribution >= 4 is 12.1 Å². The molecule has 1 fully saturated rings. The first-order chi connectivity index (χ1) is 13.6. The average Bonchev–Trinajstić information content (AvgIpc) is 3.24. The van der Waals surface area contributed by atoms with Crippen molar-refractivity contribution in [1.29, 1.82) is 0 Å². The quantitative estimate of drug-likeness (QED) is 0.710. The maximum absolute atomic E-state index is 12.3. The lowest BCUT2D eigenvalue weighted by atomic mass is 9.97. The fraction of sp³-hybridized carbons (Fsp3) is 0.600. The Hall–Kier alpha value is -2.84. The number of carbonyl (C=O) groups excluding carboxylic acids is 2. The third kappa shape index (κ3) is 5.36. The number of rotatable bonds is 4. The highest BCUT2D eigenvalue weighted by molar-refractivity contribution is 5.73. The molecule has 0 bridgehead atoms. The highest BCUT2D eigenvalue weighted by Gasteiger charge is 2.31. The molecule has 2 aromatic rings. The van der Waals surface area contributed by atoms with Gasteiger partial charge in [0.1, 0.15) is 17.1 Å². The number of aromatic nitrogens is 2. The summed E-state index contributed by atoms with van der Waals surface area (Å²) in [6, 6.07) is 1.82. The van der Waals surface area contributed by atoms with Gasteiger partial charge in [-0.2, -0.15) is 0 Å². The van der Waals surface area contributed by atoms with E-state index < -0.39 is 5.60 Å². The minimum absolute atomic E-state index is 0.0893. The van der Waals surface area contributed by atoms with Crippen LogP contribution in [0.2, 0.25) is 0 Å². The largest absolute Gasteiger partial charge is 0.466 e. The highest BCUT2D eigenvalue weighted by atomic mass is 16.6. The van der Waals surface area contributed by atoms with Gasteiger partial charge >= 0.3 is 12.1 Å². The van der Waals surface area contributed by atoms with Gasteiger partial charge in [0.05, 0.1) is 11.5 Å². The van der Waals surface area contributed by atoms with Crippen molar-refractivity contribution in [3.05, 3.63) is 23.5 Å². The predicted molar refractivity (Wildman–Crippen MR) is 102 cm³/mol. The van der Waals surface area contributed by atoms with Gasteiger partial charge in [-0.15, -0.1) is 10.2 Å². The van der Waals surface area contributed by atoms with Crippen LogP contribution in [0.1, 0.15) is 51.0 Å². The van der Waals surface area contributed by atoms with Crippen LogP contribution in [-0.2, 0) is 20.9 Å². The van der Waals surface area contributed by atoms with E-state index in [0.29, 0.717) is 37.6 Å². The van der Waals surface area contributed by atoms with Crippen LogP contribution in [0.5, 0.6) is 0 Å². The van der Waals surface area contributed by atoms with Crippen molar-refractivity contribution in [2.75, 3.05) is 13.1 Å². The molecule has 1 aliphatic heterocycles. The van der Waals surface area contributed by atoms with E-state index in [1.807, 2.05) is 40.7 Å². The Morgan fingerprint density at radius 2 is 1.86 bits per heavy atom. The van der Waals surface area contributed by atoms with Gasteiger partial charge in [-0.25, -0.2) is 4.79 Å². The number of hydrogen-bond acceptors (Lipinski definition) is 8. The summed E-state index contributed by atoms with van der Waals surface area (Å²) in [4.78, 5) is 26.1. The fourth-order valence-electron chi connectivity index (χ4n) is 3.14. The number of aryl methyl sites for hydroxylation is 2. The smallest absolute Gasteiger partial charge is 0.410 e. The van der Waals surface area contributed by atoms with Crippen LogP contribution >= 0.6 is 0 Å². The molecule has 1 saturated heterocycles. The molecule has 0 aromatic carbocycles. The monoisotopic (exact) mass is 405 g/mol. The van der Waals surface area contributed by atoms with Crippen molar-refractivity contribution in [2.45, 2.75) is 59.7 Å². The second-order valence-electron chi connectivity index (χ2n) is 8.18. The highest BCUT2D eigenvalue weighted by Crippen LogP contribution is 2.26. The van der Waals surface area contributed by atoms with E-state index >= 15 is 0 Å². The lowest BCUT2D eigenvalue weighted by molar-refractivity contribution is -0.152. The number of likely N-dealkylation sites (tertiary alicyclic amines) is 1. The molecule has 3 rings (SSSR count). The Morgan fingerprint density at radius 1 is 1.17 bits per heavy atom. The first-order valence-corrected chi connectivity index (χ1v) is 9.67. The normalized spacial score (nSPS) is 15.4. The number of nitrogens with zero attached hydrogens (tertiary/aromatic N) is 3. The van der Waals surface area contributed by atoms with Crippen LogP contribution in [0.15, 0.2) is 14.9 Å². The van der Waals surface area contributed by atoms with Gasteiger partial charge in [0.15, 0.2) is 6.61 Å². The van der Waals surface area contributed by atoms with Gasteiger partial charge < -0.3 is 23.2 Å². The maximum Gasteiger partial charge on any atom is 0.410 e. The van der Waals surface area contributed by atoms with E-state index in [9.17, 15) is 9.59 Å². The number of carbonyl (C=O) groups is 2. The zero-order valence-corrected chi connectivity index (χ0v) is 17.5. The molecule has 29 heavy (non-hydrogen) atoms. The van der Waals surface area contributed by atoms with Crippen LogP contribution in [0.3, 0.4) is 0 Å². The van der Waals surface area contributed by atoms with Gasteiger partial charge in [0.2, 0.25) is 0 Å². The van der Waals surface area contributed by atoms with E-state index in [4.69, 9.17) is 18.3 Å². The van der Waals surface area contributed by atoms with Gasteiger partial charge in [-0.05, 0) is 53.5 Å². The summed E-state index contributed by atoms with van der Waals surface area (Å²) in [6.07, 6.45) is 0.703. The van der Waals surface area contributed by atoms with Gasteiger partial charge in [-0.3, -0.25) is 4.79 Å². The Morgan fingerprint density at radius 3 is 2.45 bits per heavy atom. The van der Waals surface area contributed by atoms with Crippen LogP contribution in [0.4, 0.5) is 4.79 Å². The number of ether oxygens (including phenoxy) is 2. The number of amides is 1. The molecule has 0 spiro atoms. The SMILES string of the molecule is Cc1cc(-c2nnc(COC(=O)C3CCN(C(=O)OC(C)(C)C)CC3)o2)c(C)o1. The number of hydrogen-bond donors (Lipinski definition) is 0. The topological polar surface area (TPSA) is 108 Å². The molecule has 0 atom stereocenters. The van der Waals surface area contributed by atoms with E-state index in [1.165, 1.54) is 0 Å². The second kappa shape index (κ2) is 8.26. The number of esters is 1. The van der Waals surface area contributed by atoms with Crippen LogP contribution < -0.4 is 0 Å². The number of furan rings is 1. The second-order valence-corrected chi connectivity index (χ2v) is 8.18. The summed E-state index contributed by atoms with van der Waals surface area (Å²) in [5.41, 5.74) is 0.186. The lowest BCUT2D eigenvalue weighted by Gasteiger charge is -2.32. The van der Waals surface area contributed by atoms with Crippen molar-refractivity contribution in [3.8, 4) is 11.5 Å². The van der Waals surface area contributed by atoms with Crippen LogP contribution in [-0.4, -0.2) is 45.9 Å². The van der Waals surface area contributed by atoms with Crippen LogP contribution in [0, 0.1) is 19.8 Å². The first-order valence-electron chi connectivity index (χ1n) is 9.67. The van der Waals surface area contributed by atoms with Gasteiger partial charge in [0, 0.05) is 13.1 Å². The maximum atomic E-state index is 12.3. The van der Waals surface area contributed by atoms with E-state index in [1.54, 1.807) is 4.90 Å². The molecule has 158 valence electrons. The summed E-state index contributed by atoms with van der Waals surface area (Å²) in [7, 11) is 0. The molecule has 0 saturated carbocycles. The van der Waals surface area contributed by atoms with Crippen LogP contribution in [0.25, 0.3) is 11.5 Å². The Kier molecular flexibility index (Phi) is 5.95. The number of piperidine rings is 1. The minimum atomic E-state index is -0.538. The summed E-state index contributed by atoms with van der Waals surface area (Å²) < 4.78 is 21.7. The van der Waals surface area contributed by atoms with Crippen molar-refractivity contribution in [3.63, 3.8) is 0 Å². The Bertz CT molecular complexity index is 871. The minimum Gasteiger partial charge on any atom is -0.466 e. The molecule has 2 aromatic heterocycles. The molecule has 3 heterocycles. The van der Waals surface area contributed by atoms with E-state index in [2.05, 4.69) is 10.2 Å². The van der Waals surface area contributed by atoms with E-state index in [-0.39, 0.29) is 30.5 Å². The summed E-state index contributed by atoms with van der Waals surface area (Å²) >= 11 is 0. The van der Waals surface area contributed by atoms with E-state index in [0.717, 1.165) is 11.3 Å². The Balaban J connectivity index is 1.47.